The number of alkyl halides is 1. The number of hydrogen-bond acceptors (Lipinski definition) is 1. The van der Waals surface area contributed by atoms with Crippen molar-refractivity contribution in [3.8, 4) is 0 Å². The van der Waals surface area contributed by atoms with Crippen LogP contribution in [0.3, 0.4) is 0 Å². The zero-order chi connectivity index (χ0) is 11.7. The lowest BCUT2D eigenvalue weighted by atomic mass is 10.00. The Hall–Kier alpha value is -1.96. The van der Waals surface area contributed by atoms with Crippen molar-refractivity contribution < 1.29 is 4.39 Å². The van der Waals surface area contributed by atoms with Gasteiger partial charge in [-0.2, -0.15) is 0 Å². The van der Waals surface area contributed by atoms with E-state index < -0.39 is 12.2 Å². The molecule has 1 aliphatic heterocycles. The molecule has 2 aromatic carbocycles. The van der Waals surface area contributed by atoms with Gasteiger partial charge >= 0.3 is 0 Å². The summed E-state index contributed by atoms with van der Waals surface area (Å²) >= 11 is 0. The smallest absolute Gasteiger partial charge is 0.146 e. The number of benzene rings is 2. The number of hydrogen-bond donors (Lipinski definition) is 0. The predicted octanol–water partition coefficient (Wildman–Crippen LogP) is 2.18. The van der Waals surface area contributed by atoms with Crippen LogP contribution in [0.5, 0.6) is 0 Å². The Bertz CT molecular complexity index is 633. The average molecular weight is 225 g/mol. The van der Waals surface area contributed by atoms with Crippen molar-refractivity contribution in [2.45, 2.75) is 12.2 Å². The van der Waals surface area contributed by atoms with Crippen LogP contribution in [0, 0.1) is 0 Å². The summed E-state index contributed by atoms with van der Waals surface area (Å²) in [5, 5.41) is 1.75. The molecule has 3 rings (SSSR count). The third-order valence-corrected chi connectivity index (χ3v) is 3.00. The average Bonchev–Trinajstić information content (AvgIpc) is 2.39. The van der Waals surface area contributed by atoms with E-state index in [-0.39, 0.29) is 0 Å². The highest BCUT2D eigenvalue weighted by molar-refractivity contribution is 5.36. The molecule has 84 valence electrons. The van der Waals surface area contributed by atoms with Crippen molar-refractivity contribution in [3.63, 3.8) is 0 Å². The van der Waals surface area contributed by atoms with Crippen molar-refractivity contribution in [3.05, 3.63) is 70.7 Å². The Morgan fingerprint density at radius 2 is 1.59 bits per heavy atom. The van der Waals surface area contributed by atoms with Crippen molar-refractivity contribution in [2.24, 2.45) is 4.99 Å². The van der Waals surface area contributed by atoms with Crippen LogP contribution >= 0.6 is 0 Å². The van der Waals surface area contributed by atoms with E-state index in [2.05, 4.69) is 4.99 Å². The summed E-state index contributed by atoms with van der Waals surface area (Å²) in [7, 11) is 0. The SMILES string of the molecule is FC1C=c2ccccc2=NC1c1ccccc1. The normalized spacial score (nSPS) is 22.2. The number of fused-ring (bicyclic) bond motifs is 1. The van der Waals surface area contributed by atoms with Gasteiger partial charge in [0.05, 0.1) is 5.36 Å². The first-order chi connectivity index (χ1) is 8.34. The summed E-state index contributed by atoms with van der Waals surface area (Å²) in [6.07, 6.45) is 0.604. The molecule has 2 atom stereocenters. The minimum Gasteiger partial charge on any atom is -0.273 e. The molecule has 2 aromatic rings. The number of halogens is 1. The Morgan fingerprint density at radius 3 is 2.41 bits per heavy atom. The molecule has 1 aliphatic rings. The summed E-state index contributed by atoms with van der Waals surface area (Å²) in [4.78, 5) is 4.49. The molecule has 2 unspecified atom stereocenters. The van der Waals surface area contributed by atoms with Gasteiger partial charge in [0.15, 0.2) is 0 Å². The van der Waals surface area contributed by atoms with E-state index in [9.17, 15) is 4.39 Å². The fourth-order valence-corrected chi connectivity index (χ4v) is 2.14. The van der Waals surface area contributed by atoms with E-state index in [0.717, 1.165) is 16.1 Å². The Morgan fingerprint density at radius 1 is 0.882 bits per heavy atom. The second-order valence-electron chi connectivity index (χ2n) is 4.15. The van der Waals surface area contributed by atoms with Crippen LogP contribution in [0.4, 0.5) is 4.39 Å². The van der Waals surface area contributed by atoms with Gasteiger partial charge in [0, 0.05) is 0 Å². The van der Waals surface area contributed by atoms with Crippen molar-refractivity contribution >= 4 is 6.08 Å². The first-order valence-corrected chi connectivity index (χ1v) is 5.68. The summed E-state index contributed by atoms with van der Waals surface area (Å²) in [6, 6.07) is 16.8. The van der Waals surface area contributed by atoms with Gasteiger partial charge in [0.2, 0.25) is 0 Å². The number of para-hydroxylation sites is 1. The largest absolute Gasteiger partial charge is 0.273 e. The molecular formula is C15H12FN. The van der Waals surface area contributed by atoms with Gasteiger partial charge in [-0.05, 0) is 22.9 Å². The van der Waals surface area contributed by atoms with Crippen LogP contribution in [0.2, 0.25) is 0 Å². The van der Waals surface area contributed by atoms with Crippen molar-refractivity contribution in [1.82, 2.24) is 0 Å². The highest BCUT2D eigenvalue weighted by Gasteiger charge is 2.21. The fourth-order valence-electron chi connectivity index (χ4n) is 2.14. The second kappa shape index (κ2) is 4.13. The Kier molecular flexibility index (Phi) is 2.48. The monoisotopic (exact) mass is 225 g/mol. The number of nitrogens with zero attached hydrogens (tertiary/aromatic N) is 1. The molecule has 0 saturated heterocycles. The van der Waals surface area contributed by atoms with Crippen molar-refractivity contribution in [1.29, 1.82) is 0 Å². The zero-order valence-corrected chi connectivity index (χ0v) is 9.25. The van der Waals surface area contributed by atoms with Gasteiger partial charge in [-0.3, -0.25) is 4.99 Å². The molecule has 1 heterocycles. The summed E-state index contributed by atoms with van der Waals surface area (Å²) in [5.74, 6) is 0. The first-order valence-electron chi connectivity index (χ1n) is 5.68. The zero-order valence-electron chi connectivity index (χ0n) is 9.25. The maximum absolute atomic E-state index is 14.1. The van der Waals surface area contributed by atoms with Crippen LogP contribution in [-0.4, -0.2) is 6.17 Å². The summed E-state index contributed by atoms with van der Waals surface area (Å²) < 4.78 is 14.1. The molecule has 0 amide bonds. The molecule has 0 fully saturated rings. The summed E-state index contributed by atoms with van der Waals surface area (Å²) in [5.41, 5.74) is 0.922. The Labute approximate surface area is 98.9 Å². The fraction of sp³-hybridized carbons (Fsp3) is 0.133. The third-order valence-electron chi connectivity index (χ3n) is 3.00. The van der Waals surface area contributed by atoms with Gasteiger partial charge in [0.25, 0.3) is 0 Å². The van der Waals surface area contributed by atoms with E-state index in [0.29, 0.717) is 0 Å². The molecule has 0 N–H and O–H groups in total. The maximum atomic E-state index is 14.1. The molecule has 0 aliphatic carbocycles. The van der Waals surface area contributed by atoms with Gasteiger partial charge < -0.3 is 0 Å². The van der Waals surface area contributed by atoms with Gasteiger partial charge in [-0.1, -0.05) is 48.5 Å². The lowest BCUT2D eigenvalue weighted by Crippen LogP contribution is -2.33. The molecule has 0 spiro atoms. The van der Waals surface area contributed by atoms with Crippen LogP contribution in [0.1, 0.15) is 11.6 Å². The molecule has 17 heavy (non-hydrogen) atoms. The Balaban J connectivity index is 2.14. The van der Waals surface area contributed by atoms with E-state index in [1.54, 1.807) is 6.08 Å². The van der Waals surface area contributed by atoms with E-state index >= 15 is 0 Å². The van der Waals surface area contributed by atoms with Crippen LogP contribution in [-0.2, 0) is 0 Å². The highest BCUT2D eigenvalue weighted by atomic mass is 19.1. The first kappa shape index (κ1) is 10.2. The lowest BCUT2D eigenvalue weighted by molar-refractivity contribution is 0.356. The molecular weight excluding hydrogens is 213 g/mol. The van der Waals surface area contributed by atoms with Crippen LogP contribution in [0.15, 0.2) is 59.6 Å². The topological polar surface area (TPSA) is 12.4 Å². The minimum atomic E-state index is -1.05. The standard InChI is InChI=1S/C15H12FN/c16-13-10-12-8-4-5-9-14(12)17-15(13)11-6-2-1-3-7-11/h1-10,13,15H. The van der Waals surface area contributed by atoms with E-state index in [4.69, 9.17) is 0 Å². The second-order valence-corrected chi connectivity index (χ2v) is 4.15. The molecule has 1 nitrogen and oxygen atoms in total. The predicted molar refractivity (Wildman–Crippen MR) is 65.8 cm³/mol. The molecule has 2 heteroatoms. The molecule has 0 bridgehead atoms. The maximum Gasteiger partial charge on any atom is 0.146 e. The third kappa shape index (κ3) is 1.86. The summed E-state index contributed by atoms with van der Waals surface area (Å²) in [6.45, 7) is 0. The van der Waals surface area contributed by atoms with E-state index in [1.807, 2.05) is 54.6 Å². The quantitative estimate of drug-likeness (QED) is 0.705. The van der Waals surface area contributed by atoms with Crippen LogP contribution in [0.25, 0.3) is 6.08 Å². The minimum absolute atomic E-state index is 0.411. The van der Waals surface area contributed by atoms with E-state index in [1.165, 1.54) is 0 Å². The van der Waals surface area contributed by atoms with Crippen LogP contribution < -0.4 is 10.6 Å². The van der Waals surface area contributed by atoms with Gasteiger partial charge in [0.1, 0.15) is 12.2 Å². The molecule has 0 radical (unpaired) electrons. The van der Waals surface area contributed by atoms with Gasteiger partial charge in [-0.25, -0.2) is 4.39 Å². The molecule has 0 aromatic heterocycles. The number of rotatable bonds is 1. The van der Waals surface area contributed by atoms with Gasteiger partial charge in [-0.15, -0.1) is 0 Å². The lowest BCUT2D eigenvalue weighted by Gasteiger charge is -2.18. The molecule has 0 saturated carbocycles. The van der Waals surface area contributed by atoms with Crippen molar-refractivity contribution in [2.75, 3.05) is 0 Å². The highest BCUT2D eigenvalue weighted by Crippen LogP contribution is 2.24.